The Hall–Kier alpha value is -0.630. The van der Waals surface area contributed by atoms with E-state index in [4.69, 9.17) is 20.4 Å². The van der Waals surface area contributed by atoms with Gasteiger partial charge in [-0.15, -0.1) is 0 Å². The van der Waals surface area contributed by atoms with E-state index in [0.717, 1.165) is 0 Å². The maximum atomic E-state index is 11.6. The summed E-state index contributed by atoms with van der Waals surface area (Å²) >= 11 is 0. The Morgan fingerprint density at radius 3 is 2.00 bits per heavy atom. The molecule has 0 radical (unpaired) electrons. The molecule has 0 spiro atoms. The molecule has 0 aliphatic rings. The van der Waals surface area contributed by atoms with Crippen LogP contribution in [-0.2, 0) is 4.79 Å². The SMILES string of the molecule is F.O=C(F)C[C@@H](O)[C@H](O)[C@H](O)CO. The molecule has 0 amide bonds. The van der Waals surface area contributed by atoms with Crippen molar-refractivity contribution in [1.29, 1.82) is 0 Å². The van der Waals surface area contributed by atoms with Crippen LogP contribution in [0.25, 0.3) is 0 Å². The van der Waals surface area contributed by atoms with Crippen molar-refractivity contribution in [3.63, 3.8) is 0 Å². The summed E-state index contributed by atoms with van der Waals surface area (Å²) in [7, 11) is 0. The molecule has 0 aliphatic carbocycles. The molecule has 13 heavy (non-hydrogen) atoms. The molecule has 0 aromatic heterocycles. The zero-order valence-electron chi connectivity index (χ0n) is 6.63. The van der Waals surface area contributed by atoms with Gasteiger partial charge in [0.05, 0.1) is 19.1 Å². The van der Waals surface area contributed by atoms with Crippen LogP contribution in [0.1, 0.15) is 6.42 Å². The summed E-state index contributed by atoms with van der Waals surface area (Å²) < 4.78 is 11.6. The van der Waals surface area contributed by atoms with Gasteiger partial charge >= 0.3 is 6.04 Å². The van der Waals surface area contributed by atoms with Gasteiger partial charge in [0, 0.05) is 0 Å². The Bertz CT molecular complexity index is 154. The number of aliphatic hydroxyl groups excluding tert-OH is 4. The second-order valence-corrected chi connectivity index (χ2v) is 2.37. The second kappa shape index (κ2) is 6.84. The fourth-order valence-corrected chi connectivity index (χ4v) is 0.650. The topological polar surface area (TPSA) is 98.0 Å². The fraction of sp³-hybridized carbons (Fsp3) is 0.833. The Morgan fingerprint density at radius 1 is 1.23 bits per heavy atom. The second-order valence-electron chi connectivity index (χ2n) is 2.37. The highest BCUT2D eigenvalue weighted by atomic mass is 19.1. The lowest BCUT2D eigenvalue weighted by Gasteiger charge is -2.19. The summed E-state index contributed by atoms with van der Waals surface area (Å²) in [6.45, 7) is -0.765. The van der Waals surface area contributed by atoms with Gasteiger partial charge in [-0.05, 0) is 0 Å². The Kier molecular flexibility index (Phi) is 7.82. The van der Waals surface area contributed by atoms with Gasteiger partial charge in [-0.25, -0.2) is 0 Å². The first-order valence-corrected chi connectivity index (χ1v) is 3.32. The predicted molar refractivity (Wildman–Crippen MR) is 38.3 cm³/mol. The molecule has 0 saturated carbocycles. The first-order valence-electron chi connectivity index (χ1n) is 3.32. The molecule has 0 aliphatic heterocycles. The third-order valence-corrected chi connectivity index (χ3v) is 1.35. The van der Waals surface area contributed by atoms with Crippen LogP contribution < -0.4 is 0 Å². The van der Waals surface area contributed by atoms with Crippen molar-refractivity contribution in [2.45, 2.75) is 24.7 Å². The Balaban J connectivity index is 0. The van der Waals surface area contributed by atoms with E-state index in [9.17, 15) is 9.18 Å². The first-order chi connectivity index (χ1) is 5.49. The van der Waals surface area contributed by atoms with E-state index in [0.29, 0.717) is 0 Å². The smallest absolute Gasteiger partial charge is 0.304 e. The van der Waals surface area contributed by atoms with Crippen molar-refractivity contribution in [2.75, 3.05) is 6.61 Å². The van der Waals surface area contributed by atoms with E-state index in [-0.39, 0.29) is 4.70 Å². The van der Waals surface area contributed by atoms with Crippen molar-refractivity contribution in [3.8, 4) is 0 Å². The number of carbonyl (C=O) groups is 1. The maximum Gasteiger partial charge on any atom is 0.304 e. The van der Waals surface area contributed by atoms with E-state index < -0.39 is 37.4 Å². The third-order valence-electron chi connectivity index (χ3n) is 1.35. The van der Waals surface area contributed by atoms with E-state index in [1.165, 1.54) is 0 Å². The molecule has 0 unspecified atom stereocenters. The summed E-state index contributed by atoms with van der Waals surface area (Å²) in [4.78, 5) is 9.79. The quantitative estimate of drug-likeness (QED) is 0.390. The summed E-state index contributed by atoms with van der Waals surface area (Å²) in [5.74, 6) is 0. The Labute approximate surface area is 72.8 Å². The monoisotopic (exact) mass is 202 g/mol. The predicted octanol–water partition coefficient (Wildman–Crippen LogP) is -1.90. The highest BCUT2D eigenvalue weighted by Gasteiger charge is 2.25. The molecular weight excluding hydrogens is 190 g/mol. The molecule has 5 nitrogen and oxygen atoms in total. The van der Waals surface area contributed by atoms with E-state index >= 15 is 0 Å². The fourth-order valence-electron chi connectivity index (χ4n) is 0.650. The summed E-state index contributed by atoms with van der Waals surface area (Å²) in [6.07, 6.45) is -5.86. The lowest BCUT2D eigenvalue weighted by atomic mass is 10.1. The maximum absolute atomic E-state index is 11.6. The molecule has 80 valence electrons. The number of carbonyl (C=O) groups excluding carboxylic acids is 1. The number of rotatable bonds is 5. The molecule has 0 fully saturated rings. The van der Waals surface area contributed by atoms with Crippen molar-refractivity contribution in [3.05, 3.63) is 0 Å². The molecular formula is C6H12F2O5. The van der Waals surface area contributed by atoms with E-state index in [1.54, 1.807) is 0 Å². The zero-order valence-corrected chi connectivity index (χ0v) is 6.63. The van der Waals surface area contributed by atoms with Gasteiger partial charge in [0.1, 0.15) is 12.2 Å². The van der Waals surface area contributed by atoms with Gasteiger partial charge in [-0.1, -0.05) is 0 Å². The molecule has 0 aromatic carbocycles. The molecule has 0 saturated heterocycles. The lowest BCUT2D eigenvalue weighted by molar-refractivity contribution is -0.136. The molecule has 7 heteroatoms. The van der Waals surface area contributed by atoms with Crippen molar-refractivity contribution < 1.29 is 34.3 Å². The molecule has 3 atom stereocenters. The van der Waals surface area contributed by atoms with Gasteiger partial charge in [0.25, 0.3) is 0 Å². The number of hydrogen-bond donors (Lipinski definition) is 4. The first kappa shape index (κ1) is 14.9. The molecule has 4 N–H and O–H groups in total. The van der Waals surface area contributed by atoms with Crippen LogP contribution in [0.5, 0.6) is 0 Å². The number of aliphatic hydroxyl groups is 4. The van der Waals surface area contributed by atoms with Crippen LogP contribution >= 0.6 is 0 Å². The van der Waals surface area contributed by atoms with Crippen LogP contribution in [0, 0.1) is 0 Å². The van der Waals surface area contributed by atoms with E-state index in [1.807, 2.05) is 0 Å². The van der Waals surface area contributed by atoms with Gasteiger partial charge in [0.15, 0.2) is 0 Å². The van der Waals surface area contributed by atoms with Crippen LogP contribution in [0.3, 0.4) is 0 Å². The minimum absolute atomic E-state index is 0. The Morgan fingerprint density at radius 2 is 1.69 bits per heavy atom. The molecule has 0 aromatic rings. The van der Waals surface area contributed by atoms with E-state index in [2.05, 4.69) is 0 Å². The van der Waals surface area contributed by atoms with Gasteiger partial charge < -0.3 is 20.4 Å². The number of halogens is 2. The molecule has 0 bridgehead atoms. The normalized spacial score (nSPS) is 17.0. The molecule has 0 rings (SSSR count). The van der Waals surface area contributed by atoms with Crippen molar-refractivity contribution in [2.24, 2.45) is 0 Å². The zero-order chi connectivity index (χ0) is 9.72. The van der Waals surface area contributed by atoms with Crippen LogP contribution in [-0.4, -0.2) is 51.4 Å². The van der Waals surface area contributed by atoms with Crippen molar-refractivity contribution in [1.82, 2.24) is 0 Å². The highest BCUT2D eigenvalue weighted by molar-refractivity contribution is 5.68. The van der Waals surface area contributed by atoms with Crippen LogP contribution in [0.2, 0.25) is 0 Å². The summed E-state index contributed by atoms with van der Waals surface area (Å²) in [5.41, 5.74) is 0. The van der Waals surface area contributed by atoms with Crippen LogP contribution in [0.15, 0.2) is 0 Å². The standard InChI is InChI=1S/C6H11FO5.FH/c7-5(11)1-3(9)6(12)4(10)2-8;/h3-4,6,8-10,12H,1-2H2;1H/t3-,4-,6+;/m1./s1. The minimum atomic E-state index is -1.79. The van der Waals surface area contributed by atoms with Crippen LogP contribution in [0.4, 0.5) is 9.09 Å². The van der Waals surface area contributed by atoms with Gasteiger partial charge in [-0.3, -0.25) is 9.50 Å². The summed E-state index contributed by atoms with van der Waals surface area (Å²) in [5, 5.41) is 34.7. The number of hydrogen-bond acceptors (Lipinski definition) is 5. The molecule has 0 heterocycles. The minimum Gasteiger partial charge on any atom is -0.394 e. The largest absolute Gasteiger partial charge is 0.394 e. The average Bonchev–Trinajstić information content (AvgIpc) is 2.00. The lowest BCUT2D eigenvalue weighted by Crippen LogP contribution is -2.40. The van der Waals surface area contributed by atoms with Gasteiger partial charge in [-0.2, -0.15) is 4.39 Å². The average molecular weight is 202 g/mol. The summed E-state index contributed by atoms with van der Waals surface area (Å²) in [6, 6.07) is -1.79. The van der Waals surface area contributed by atoms with Crippen molar-refractivity contribution >= 4 is 6.04 Å². The van der Waals surface area contributed by atoms with Gasteiger partial charge in [0.2, 0.25) is 0 Å². The highest BCUT2D eigenvalue weighted by Crippen LogP contribution is 2.04. The third kappa shape index (κ3) is 5.58.